The Kier molecular flexibility index (Phi) is 5.74. The van der Waals surface area contributed by atoms with Crippen LogP contribution in [0.25, 0.3) is 0 Å². The van der Waals surface area contributed by atoms with Crippen LogP contribution in [0.15, 0.2) is 30.5 Å². The third kappa shape index (κ3) is 3.66. The minimum absolute atomic E-state index is 0.177. The second kappa shape index (κ2) is 8.45. The summed E-state index contributed by atoms with van der Waals surface area (Å²) in [5.74, 6) is 1.59. The zero-order chi connectivity index (χ0) is 21.3. The van der Waals surface area contributed by atoms with Crippen LogP contribution < -0.4 is 14.5 Å². The summed E-state index contributed by atoms with van der Waals surface area (Å²) in [6.07, 6.45) is 1.99. The first-order valence-electron chi connectivity index (χ1n) is 9.55. The zero-order valence-corrected chi connectivity index (χ0v) is 17.5. The minimum Gasteiger partial charge on any atom is -0.487 e. The monoisotopic (exact) mass is 431 g/mol. The van der Waals surface area contributed by atoms with Crippen molar-refractivity contribution in [2.45, 2.75) is 25.3 Å². The fourth-order valence-corrected chi connectivity index (χ4v) is 3.89. The Labute approximate surface area is 179 Å². The number of para-hydroxylation sites is 1. The molecule has 158 valence electrons. The lowest BCUT2D eigenvalue weighted by Crippen LogP contribution is -2.51. The van der Waals surface area contributed by atoms with Gasteiger partial charge in [0.2, 0.25) is 0 Å². The number of likely N-dealkylation sites (tertiary alicyclic amines) is 1. The fraction of sp³-hybridized carbons (Fsp3) is 0.400. The number of nitrogens with zero attached hydrogens (tertiary/aromatic N) is 5. The molecule has 2 aliphatic rings. The maximum atomic E-state index is 13.3. The van der Waals surface area contributed by atoms with E-state index in [2.05, 4.69) is 9.97 Å². The third-order valence-electron chi connectivity index (χ3n) is 5.20. The average Bonchev–Trinajstić information content (AvgIpc) is 3.32. The molecule has 0 N–H and O–H groups in total. The van der Waals surface area contributed by atoms with Crippen molar-refractivity contribution in [3.05, 3.63) is 41.3 Å². The lowest BCUT2D eigenvalue weighted by atomic mass is 10.3. The van der Waals surface area contributed by atoms with E-state index >= 15 is 0 Å². The number of benzene rings is 1. The molecule has 0 aliphatic carbocycles. The van der Waals surface area contributed by atoms with Crippen molar-refractivity contribution in [3.63, 3.8) is 0 Å². The Morgan fingerprint density at radius 3 is 2.90 bits per heavy atom. The molecule has 1 unspecified atom stereocenters. The summed E-state index contributed by atoms with van der Waals surface area (Å²) in [6.45, 7) is 1.15. The van der Waals surface area contributed by atoms with Crippen molar-refractivity contribution in [1.82, 2.24) is 14.9 Å². The van der Waals surface area contributed by atoms with Crippen LogP contribution in [0, 0.1) is 0 Å². The number of urea groups is 1. The zero-order valence-electron chi connectivity index (χ0n) is 16.7. The van der Waals surface area contributed by atoms with Crippen LogP contribution in [0.4, 0.5) is 16.3 Å². The van der Waals surface area contributed by atoms with Crippen molar-refractivity contribution in [2.75, 3.05) is 37.0 Å². The molecule has 30 heavy (non-hydrogen) atoms. The first-order valence-corrected chi connectivity index (χ1v) is 9.93. The molecule has 2 amide bonds. The fourth-order valence-electron chi connectivity index (χ4n) is 3.71. The Balaban J connectivity index is 1.52. The lowest BCUT2D eigenvalue weighted by molar-refractivity contribution is -0.108. The topological polar surface area (TPSA) is 88.1 Å². The lowest BCUT2D eigenvalue weighted by Gasteiger charge is -2.28. The number of rotatable bonds is 5. The molecule has 9 nitrogen and oxygen atoms in total. The van der Waals surface area contributed by atoms with Gasteiger partial charge in [-0.1, -0.05) is 23.7 Å². The summed E-state index contributed by atoms with van der Waals surface area (Å²) in [6, 6.07) is 6.96. The Morgan fingerprint density at radius 1 is 1.37 bits per heavy atom. The van der Waals surface area contributed by atoms with Gasteiger partial charge >= 0.3 is 6.03 Å². The largest absolute Gasteiger partial charge is 0.487 e. The molecule has 3 heterocycles. The van der Waals surface area contributed by atoms with Gasteiger partial charge in [-0.25, -0.2) is 14.8 Å². The highest BCUT2D eigenvalue weighted by Gasteiger charge is 2.42. The van der Waals surface area contributed by atoms with E-state index in [0.29, 0.717) is 47.6 Å². The maximum Gasteiger partial charge on any atom is 0.326 e. The van der Waals surface area contributed by atoms with E-state index in [1.807, 2.05) is 12.1 Å². The van der Waals surface area contributed by atoms with Crippen molar-refractivity contribution < 1.29 is 19.1 Å². The molecule has 2 aliphatic heterocycles. The molecule has 4 rings (SSSR count). The molecule has 1 fully saturated rings. The van der Waals surface area contributed by atoms with Crippen LogP contribution in [-0.2, 0) is 16.1 Å². The van der Waals surface area contributed by atoms with Crippen LogP contribution in [0.2, 0.25) is 5.02 Å². The molecular formula is C20H22ClN5O4. The van der Waals surface area contributed by atoms with Gasteiger partial charge in [0, 0.05) is 27.1 Å². The number of methoxy groups -OCH3 is 1. The molecule has 10 heteroatoms. The number of hydrogen-bond donors (Lipinski definition) is 0. The number of aldehydes is 1. The van der Waals surface area contributed by atoms with Crippen LogP contribution in [0.3, 0.4) is 0 Å². The first kappa shape index (κ1) is 20.4. The van der Waals surface area contributed by atoms with Crippen molar-refractivity contribution in [2.24, 2.45) is 0 Å². The second-order valence-electron chi connectivity index (χ2n) is 7.15. The molecule has 0 radical (unpaired) electrons. The highest BCUT2D eigenvalue weighted by atomic mass is 35.5. The van der Waals surface area contributed by atoms with E-state index in [1.54, 1.807) is 42.3 Å². The molecule has 0 spiro atoms. The van der Waals surface area contributed by atoms with Crippen molar-refractivity contribution in [3.8, 4) is 5.75 Å². The van der Waals surface area contributed by atoms with Gasteiger partial charge in [-0.05, 0) is 12.1 Å². The van der Waals surface area contributed by atoms with Gasteiger partial charge in [-0.15, -0.1) is 0 Å². The molecule has 0 bridgehead atoms. The van der Waals surface area contributed by atoms with E-state index in [4.69, 9.17) is 21.1 Å². The van der Waals surface area contributed by atoms with Crippen molar-refractivity contribution in [1.29, 1.82) is 0 Å². The summed E-state index contributed by atoms with van der Waals surface area (Å²) in [5, 5.41) is 0.530. The molecule has 1 aromatic carbocycles. The predicted molar refractivity (Wildman–Crippen MR) is 111 cm³/mol. The highest BCUT2D eigenvalue weighted by Crippen LogP contribution is 2.37. The number of likely N-dealkylation sites (N-methyl/N-ethyl adjacent to an activating group) is 1. The molecule has 1 saturated heterocycles. The van der Waals surface area contributed by atoms with Gasteiger partial charge in [-0.3, -0.25) is 9.69 Å². The van der Waals surface area contributed by atoms with Gasteiger partial charge in [0.15, 0.2) is 24.1 Å². The average molecular weight is 432 g/mol. The summed E-state index contributed by atoms with van der Waals surface area (Å²) >= 11 is 6.17. The number of aromatic nitrogens is 2. The van der Waals surface area contributed by atoms with E-state index in [-0.39, 0.29) is 18.7 Å². The van der Waals surface area contributed by atoms with E-state index < -0.39 is 6.17 Å². The Bertz CT molecular complexity index is 959. The number of carbonyl (C=O) groups excluding carboxylic acids is 2. The quantitative estimate of drug-likeness (QED) is 0.671. The third-order valence-corrected chi connectivity index (χ3v) is 5.51. The van der Waals surface area contributed by atoms with Crippen LogP contribution in [0.5, 0.6) is 5.75 Å². The molecule has 1 aromatic heterocycles. The minimum atomic E-state index is -0.789. The summed E-state index contributed by atoms with van der Waals surface area (Å²) in [7, 11) is 3.28. The summed E-state index contributed by atoms with van der Waals surface area (Å²) in [5.41, 5.74) is 0.495. The highest BCUT2D eigenvalue weighted by molar-refractivity contribution is 6.32. The van der Waals surface area contributed by atoms with Gasteiger partial charge < -0.3 is 19.3 Å². The first-order chi connectivity index (χ1) is 14.5. The second-order valence-corrected chi connectivity index (χ2v) is 7.55. The SMILES string of the molecule is COCc1ncc2c(n1)N(C)C(C=O)N2C(=O)N1CC[C@H](Oc2ccccc2Cl)C1. The molecular weight excluding hydrogens is 410 g/mol. The Hall–Kier alpha value is -2.91. The molecule has 0 saturated carbocycles. The number of carbonyl (C=O) groups is 2. The Morgan fingerprint density at radius 2 is 2.17 bits per heavy atom. The van der Waals surface area contributed by atoms with Gasteiger partial charge in [0.05, 0.1) is 17.8 Å². The normalized spacial score (nSPS) is 20.4. The number of hydrogen-bond acceptors (Lipinski definition) is 7. The van der Waals surface area contributed by atoms with Gasteiger partial charge in [0.25, 0.3) is 0 Å². The predicted octanol–water partition coefficient (Wildman–Crippen LogP) is 2.33. The van der Waals surface area contributed by atoms with E-state index in [0.717, 1.165) is 6.29 Å². The van der Waals surface area contributed by atoms with Crippen LogP contribution in [0.1, 0.15) is 12.2 Å². The smallest absolute Gasteiger partial charge is 0.326 e. The van der Waals surface area contributed by atoms with E-state index in [9.17, 15) is 9.59 Å². The van der Waals surface area contributed by atoms with Crippen LogP contribution in [-0.4, -0.2) is 66.7 Å². The number of halogens is 1. The maximum absolute atomic E-state index is 13.3. The summed E-state index contributed by atoms with van der Waals surface area (Å²) < 4.78 is 11.0. The van der Waals surface area contributed by atoms with E-state index in [1.165, 1.54) is 4.90 Å². The van der Waals surface area contributed by atoms with Crippen LogP contribution >= 0.6 is 11.6 Å². The summed E-state index contributed by atoms with van der Waals surface area (Å²) in [4.78, 5) is 38.6. The standard InChI is InChI=1S/C20H22ClN5O4/c1-24-18(11-27)26(15-9-22-17(12-29-2)23-19(15)24)20(28)25-8-7-13(10-25)30-16-6-4-3-5-14(16)21/h3-6,9,11,13,18H,7-8,10,12H2,1-2H3/t13-,18?/m0/s1. The van der Waals surface area contributed by atoms with Crippen molar-refractivity contribution >= 4 is 35.4 Å². The number of amides is 2. The van der Waals surface area contributed by atoms with Gasteiger partial charge in [-0.2, -0.15) is 0 Å². The molecule has 2 atom stereocenters. The number of anilines is 2. The number of fused-ring (bicyclic) bond motifs is 1. The number of ether oxygens (including phenoxy) is 2. The van der Waals surface area contributed by atoms with Gasteiger partial charge in [0.1, 0.15) is 24.1 Å². The molecule has 2 aromatic rings.